The minimum atomic E-state index is -0.169. The van der Waals surface area contributed by atoms with E-state index < -0.39 is 0 Å². The lowest BCUT2D eigenvalue weighted by Crippen LogP contribution is -2.42. The van der Waals surface area contributed by atoms with Crippen LogP contribution in [0.1, 0.15) is 36.2 Å². The van der Waals surface area contributed by atoms with Crippen LogP contribution in [0.5, 0.6) is 0 Å². The van der Waals surface area contributed by atoms with Crippen molar-refractivity contribution in [3.05, 3.63) is 23.2 Å². The summed E-state index contributed by atoms with van der Waals surface area (Å²) in [5, 5.41) is 3.12. The summed E-state index contributed by atoms with van der Waals surface area (Å²) >= 11 is 5.68. The van der Waals surface area contributed by atoms with E-state index >= 15 is 0 Å². The van der Waals surface area contributed by atoms with Gasteiger partial charge in [-0.15, -0.1) is 0 Å². The van der Waals surface area contributed by atoms with Gasteiger partial charge in [0, 0.05) is 18.3 Å². The Labute approximate surface area is 118 Å². The molecule has 1 amide bonds. The van der Waals surface area contributed by atoms with Gasteiger partial charge in [0.2, 0.25) is 5.28 Å². The van der Waals surface area contributed by atoms with Gasteiger partial charge in [0.1, 0.15) is 5.69 Å². The summed E-state index contributed by atoms with van der Waals surface area (Å²) in [6, 6.07) is 2.44. The quantitative estimate of drug-likeness (QED) is 0.858. The number of nitrogens with zero attached hydrogens (tertiary/aromatic N) is 3. The van der Waals surface area contributed by atoms with Gasteiger partial charge in [-0.3, -0.25) is 4.79 Å². The van der Waals surface area contributed by atoms with Gasteiger partial charge in [-0.05, 0) is 57.4 Å². The van der Waals surface area contributed by atoms with Crippen molar-refractivity contribution in [2.75, 3.05) is 14.1 Å². The number of hydrogen-bond acceptors (Lipinski definition) is 4. The second-order valence-corrected chi connectivity index (χ2v) is 5.49. The molecule has 1 saturated carbocycles. The molecular formula is C13H19ClN4O. The minimum absolute atomic E-state index is 0.101. The van der Waals surface area contributed by atoms with Crippen molar-refractivity contribution in [3.63, 3.8) is 0 Å². The van der Waals surface area contributed by atoms with E-state index in [1.807, 2.05) is 0 Å². The van der Waals surface area contributed by atoms with E-state index in [2.05, 4.69) is 34.3 Å². The van der Waals surface area contributed by atoms with Crippen LogP contribution in [-0.4, -0.2) is 47.0 Å². The highest BCUT2D eigenvalue weighted by molar-refractivity contribution is 6.28. The number of carbonyl (C=O) groups is 1. The fraction of sp³-hybridized carbons (Fsp3) is 0.615. The molecule has 5 nitrogen and oxygen atoms in total. The Morgan fingerprint density at radius 2 is 2.05 bits per heavy atom. The molecule has 2 rings (SSSR count). The second-order valence-electron chi connectivity index (χ2n) is 5.15. The first-order valence-corrected chi connectivity index (χ1v) is 6.90. The molecule has 0 unspecified atom stereocenters. The van der Waals surface area contributed by atoms with E-state index in [0.717, 1.165) is 25.7 Å². The van der Waals surface area contributed by atoms with Gasteiger partial charge in [-0.2, -0.15) is 0 Å². The molecule has 19 heavy (non-hydrogen) atoms. The van der Waals surface area contributed by atoms with Gasteiger partial charge in [-0.25, -0.2) is 9.97 Å². The molecule has 1 aromatic rings. The molecule has 0 aromatic carbocycles. The fourth-order valence-corrected chi connectivity index (χ4v) is 2.60. The average Bonchev–Trinajstić information content (AvgIpc) is 2.39. The number of carbonyl (C=O) groups excluding carboxylic acids is 1. The summed E-state index contributed by atoms with van der Waals surface area (Å²) in [5.41, 5.74) is 0.328. The molecule has 1 aliphatic rings. The number of aromatic nitrogens is 2. The van der Waals surface area contributed by atoms with E-state index in [1.54, 1.807) is 6.07 Å². The molecule has 1 heterocycles. The van der Waals surface area contributed by atoms with Crippen molar-refractivity contribution < 1.29 is 4.79 Å². The number of halogens is 1. The highest BCUT2D eigenvalue weighted by atomic mass is 35.5. The van der Waals surface area contributed by atoms with Gasteiger partial charge < -0.3 is 10.2 Å². The molecule has 1 aromatic heterocycles. The molecule has 1 fully saturated rings. The average molecular weight is 283 g/mol. The first-order valence-electron chi connectivity index (χ1n) is 6.52. The lowest BCUT2D eigenvalue weighted by Gasteiger charge is -2.32. The van der Waals surface area contributed by atoms with Crippen molar-refractivity contribution in [3.8, 4) is 0 Å². The molecule has 6 heteroatoms. The standard InChI is InChI=1S/C13H19ClN4O/c1-18(2)10-5-3-9(4-6-10)16-12(19)11-7-8-15-13(14)17-11/h7-10H,3-6H2,1-2H3,(H,16,19). The zero-order chi connectivity index (χ0) is 13.8. The summed E-state index contributed by atoms with van der Waals surface area (Å²) < 4.78 is 0. The molecule has 0 bridgehead atoms. The predicted molar refractivity (Wildman–Crippen MR) is 74.2 cm³/mol. The molecule has 1 aliphatic carbocycles. The van der Waals surface area contributed by atoms with Crippen LogP contribution in [0.3, 0.4) is 0 Å². The van der Waals surface area contributed by atoms with Gasteiger partial charge in [0.05, 0.1) is 0 Å². The Morgan fingerprint density at radius 1 is 1.37 bits per heavy atom. The number of amides is 1. The van der Waals surface area contributed by atoms with E-state index in [0.29, 0.717) is 11.7 Å². The molecule has 0 aliphatic heterocycles. The fourth-order valence-electron chi connectivity index (χ4n) is 2.46. The van der Waals surface area contributed by atoms with Gasteiger partial charge >= 0.3 is 0 Å². The van der Waals surface area contributed by atoms with Crippen LogP contribution in [0.4, 0.5) is 0 Å². The summed E-state index contributed by atoms with van der Waals surface area (Å²) in [4.78, 5) is 21.9. The molecule has 104 valence electrons. The van der Waals surface area contributed by atoms with Crippen LogP contribution < -0.4 is 5.32 Å². The van der Waals surface area contributed by atoms with Crippen molar-refractivity contribution in [1.82, 2.24) is 20.2 Å². The van der Waals surface area contributed by atoms with Crippen LogP contribution in [0, 0.1) is 0 Å². The van der Waals surface area contributed by atoms with Crippen molar-refractivity contribution in [2.24, 2.45) is 0 Å². The lowest BCUT2D eigenvalue weighted by atomic mass is 9.90. The molecular weight excluding hydrogens is 264 g/mol. The third-order valence-corrected chi connectivity index (χ3v) is 3.80. The van der Waals surface area contributed by atoms with Crippen LogP contribution in [0.15, 0.2) is 12.3 Å². The third kappa shape index (κ3) is 3.88. The second kappa shape index (κ2) is 6.30. The van der Waals surface area contributed by atoms with Crippen LogP contribution in [0.2, 0.25) is 5.28 Å². The minimum Gasteiger partial charge on any atom is -0.348 e. The normalized spacial score (nSPS) is 23.4. The topological polar surface area (TPSA) is 58.1 Å². The molecule has 0 saturated heterocycles. The maximum Gasteiger partial charge on any atom is 0.270 e. The SMILES string of the molecule is CN(C)C1CCC(NC(=O)c2ccnc(Cl)n2)CC1. The molecule has 0 atom stereocenters. The first kappa shape index (κ1) is 14.2. The Morgan fingerprint density at radius 3 is 2.63 bits per heavy atom. The zero-order valence-electron chi connectivity index (χ0n) is 11.3. The van der Waals surface area contributed by atoms with Crippen LogP contribution in [-0.2, 0) is 0 Å². The van der Waals surface area contributed by atoms with Crippen LogP contribution >= 0.6 is 11.6 Å². The van der Waals surface area contributed by atoms with Crippen LogP contribution in [0.25, 0.3) is 0 Å². The van der Waals surface area contributed by atoms with Crippen molar-refractivity contribution in [2.45, 2.75) is 37.8 Å². The molecule has 0 spiro atoms. The van der Waals surface area contributed by atoms with Gasteiger partial charge in [0.25, 0.3) is 5.91 Å². The van der Waals surface area contributed by atoms with E-state index in [9.17, 15) is 4.79 Å². The van der Waals surface area contributed by atoms with Crippen molar-refractivity contribution >= 4 is 17.5 Å². The van der Waals surface area contributed by atoms with E-state index in [1.165, 1.54) is 6.20 Å². The lowest BCUT2D eigenvalue weighted by molar-refractivity contribution is 0.0911. The van der Waals surface area contributed by atoms with E-state index in [4.69, 9.17) is 11.6 Å². The zero-order valence-corrected chi connectivity index (χ0v) is 12.0. The smallest absolute Gasteiger partial charge is 0.270 e. The Kier molecular flexibility index (Phi) is 4.71. The summed E-state index contributed by atoms with van der Waals surface area (Å²) in [5.74, 6) is -0.169. The summed E-state index contributed by atoms with van der Waals surface area (Å²) in [6.07, 6.45) is 5.74. The Balaban J connectivity index is 1.87. The van der Waals surface area contributed by atoms with E-state index in [-0.39, 0.29) is 17.2 Å². The third-order valence-electron chi connectivity index (χ3n) is 3.62. The summed E-state index contributed by atoms with van der Waals surface area (Å²) in [7, 11) is 4.21. The maximum absolute atomic E-state index is 12.0. The molecule has 1 N–H and O–H groups in total. The number of nitrogens with one attached hydrogen (secondary N) is 1. The molecule has 0 radical (unpaired) electrons. The highest BCUT2D eigenvalue weighted by Gasteiger charge is 2.24. The first-order chi connectivity index (χ1) is 9.06. The van der Waals surface area contributed by atoms with Crippen molar-refractivity contribution in [1.29, 1.82) is 0 Å². The van der Waals surface area contributed by atoms with Gasteiger partial charge in [0.15, 0.2) is 0 Å². The Hall–Kier alpha value is -1.20. The largest absolute Gasteiger partial charge is 0.348 e. The maximum atomic E-state index is 12.0. The summed E-state index contributed by atoms with van der Waals surface area (Å²) in [6.45, 7) is 0. The van der Waals surface area contributed by atoms with Gasteiger partial charge in [-0.1, -0.05) is 0 Å². The monoisotopic (exact) mass is 282 g/mol. The predicted octanol–water partition coefficient (Wildman–Crippen LogP) is 1.73. The number of hydrogen-bond donors (Lipinski definition) is 1. The Bertz CT molecular complexity index is 444. The highest BCUT2D eigenvalue weighted by Crippen LogP contribution is 2.21. The number of rotatable bonds is 3.